The average Bonchev–Trinajstić information content (AvgIpc) is 2.96. The summed E-state index contributed by atoms with van der Waals surface area (Å²) in [5.74, 6) is -0.976. The van der Waals surface area contributed by atoms with Crippen molar-refractivity contribution in [3.63, 3.8) is 0 Å². The van der Waals surface area contributed by atoms with Crippen LogP contribution in [0.5, 0.6) is 0 Å². The molecule has 0 radical (unpaired) electrons. The summed E-state index contributed by atoms with van der Waals surface area (Å²) in [5.41, 5.74) is 0. The van der Waals surface area contributed by atoms with Crippen LogP contribution in [0.4, 0.5) is 0 Å². The third-order valence-corrected chi connectivity index (χ3v) is 16.8. The first kappa shape index (κ1) is 24.6. The van der Waals surface area contributed by atoms with Crippen molar-refractivity contribution in [1.29, 1.82) is 0 Å². The fraction of sp³-hybridized carbons (Fsp3) is 0.778. The first-order chi connectivity index (χ1) is 13.6. The molecule has 0 N–H and O–H groups in total. The van der Waals surface area contributed by atoms with Crippen LogP contribution in [0.1, 0.15) is 25.7 Å². The summed E-state index contributed by atoms with van der Waals surface area (Å²) in [4.78, 5) is -5.28. The highest BCUT2D eigenvalue weighted by atomic mass is 35.5. The molecule has 30 heavy (non-hydrogen) atoms. The Morgan fingerprint density at radius 3 is 0.733 bits per heavy atom. The lowest BCUT2D eigenvalue weighted by atomic mass is 9.67. The molecule has 0 aromatic heterocycles. The molecule has 168 valence electrons. The van der Waals surface area contributed by atoms with E-state index in [1.165, 1.54) is 0 Å². The molecule has 5 aliphatic carbocycles. The predicted octanol–water partition coefficient (Wildman–Crippen LogP) is 9.72. The van der Waals surface area contributed by atoms with E-state index in [2.05, 4.69) is 0 Å². The van der Waals surface area contributed by atoms with Gasteiger partial charge in [0.25, 0.3) is 0 Å². The lowest BCUT2D eigenvalue weighted by molar-refractivity contribution is 0.175. The number of alkyl halides is 8. The third-order valence-electron chi connectivity index (χ3n) is 8.08. The minimum Gasteiger partial charge on any atom is -0.109 e. The van der Waals surface area contributed by atoms with Crippen molar-refractivity contribution >= 4 is 139 Å². The third kappa shape index (κ3) is 2.18. The van der Waals surface area contributed by atoms with Gasteiger partial charge in [-0.15, -0.1) is 46.4 Å². The van der Waals surface area contributed by atoms with Gasteiger partial charge in [0.05, 0.1) is 20.1 Å². The molecule has 0 nitrogen and oxygen atoms in total. The molecule has 8 unspecified atom stereocenters. The van der Waals surface area contributed by atoms with Crippen molar-refractivity contribution in [2.45, 2.75) is 53.8 Å². The fourth-order valence-corrected chi connectivity index (χ4v) is 13.0. The Morgan fingerprint density at radius 2 is 0.567 bits per heavy atom. The summed E-state index contributed by atoms with van der Waals surface area (Å²) in [6.45, 7) is 0. The van der Waals surface area contributed by atoms with Gasteiger partial charge < -0.3 is 0 Å². The van der Waals surface area contributed by atoms with E-state index in [0.717, 1.165) is 0 Å². The lowest BCUT2D eigenvalue weighted by Gasteiger charge is -2.44. The summed E-state index contributed by atoms with van der Waals surface area (Å²) in [6.07, 6.45) is 2.22. The van der Waals surface area contributed by atoms with Crippen molar-refractivity contribution in [2.75, 3.05) is 0 Å². The van der Waals surface area contributed by atoms with Crippen LogP contribution in [0.15, 0.2) is 20.1 Å². The highest BCUT2D eigenvalue weighted by Gasteiger charge is 2.85. The van der Waals surface area contributed by atoms with E-state index < -0.39 is 28.2 Å². The monoisotopic (exact) mass is 648 g/mol. The van der Waals surface area contributed by atoms with Gasteiger partial charge in [-0.3, -0.25) is 0 Å². The molecule has 3 fully saturated rings. The highest BCUT2D eigenvalue weighted by molar-refractivity contribution is 6.66. The van der Waals surface area contributed by atoms with Gasteiger partial charge in [0.2, 0.25) is 0 Å². The number of halogens is 12. The van der Waals surface area contributed by atoms with Crippen LogP contribution in [0.3, 0.4) is 0 Å². The highest BCUT2D eigenvalue weighted by Crippen LogP contribution is 2.81. The first-order valence-corrected chi connectivity index (χ1v) is 13.8. The van der Waals surface area contributed by atoms with Gasteiger partial charge in [-0.05, 0) is 49.4 Å². The molecule has 0 amide bonds. The van der Waals surface area contributed by atoms with Crippen LogP contribution in [-0.2, 0) is 0 Å². The summed E-state index contributed by atoms with van der Waals surface area (Å²) in [5, 5.41) is 0.765. The second-order valence-electron chi connectivity index (χ2n) is 8.83. The summed E-state index contributed by atoms with van der Waals surface area (Å²) < 4.78 is -3.17. The van der Waals surface area contributed by atoms with Gasteiger partial charge in [-0.1, -0.05) is 92.8 Å². The van der Waals surface area contributed by atoms with Crippen molar-refractivity contribution in [1.82, 2.24) is 0 Å². The van der Waals surface area contributed by atoms with E-state index >= 15 is 0 Å². The van der Waals surface area contributed by atoms with Crippen LogP contribution in [-0.4, -0.2) is 28.2 Å². The number of hydrogen-bond acceptors (Lipinski definition) is 0. The second kappa shape index (κ2) is 6.83. The molecule has 4 bridgehead atoms. The largest absolute Gasteiger partial charge is 0.166 e. The Kier molecular flexibility index (Phi) is 5.61. The van der Waals surface area contributed by atoms with E-state index in [0.29, 0.717) is 25.7 Å². The summed E-state index contributed by atoms with van der Waals surface area (Å²) in [7, 11) is 0. The van der Waals surface area contributed by atoms with Crippen LogP contribution in [0, 0.1) is 23.7 Å². The van der Waals surface area contributed by atoms with E-state index in [1.807, 2.05) is 0 Å². The molecule has 12 heteroatoms. The molecule has 0 saturated heterocycles. The van der Waals surface area contributed by atoms with Crippen LogP contribution in [0.25, 0.3) is 0 Å². The van der Waals surface area contributed by atoms with Gasteiger partial charge in [-0.25, -0.2) is 0 Å². The number of fused-ring (bicyclic) bond motifs is 10. The molecular formula is C18H12Cl12. The standard InChI is InChI=1S/C18H12Cl12/c19-9-10(20)15(25)7-3-4-8-6(2-1-5(7)13(9,23)17(15,27)28)14(24)11(21)12(22)16(8,26)18(14,29)30/h5-8H,1-4H2. The molecule has 0 aliphatic heterocycles. The molecule has 8 atom stereocenters. The summed E-state index contributed by atoms with van der Waals surface area (Å²) in [6, 6.07) is 0. The molecule has 3 saturated carbocycles. The topological polar surface area (TPSA) is 0 Å². The zero-order chi connectivity index (χ0) is 22.4. The molecule has 5 rings (SSSR count). The van der Waals surface area contributed by atoms with Crippen molar-refractivity contribution in [3.8, 4) is 0 Å². The first-order valence-electron chi connectivity index (χ1n) is 9.22. The molecule has 0 aromatic carbocycles. The maximum atomic E-state index is 7.02. The van der Waals surface area contributed by atoms with E-state index in [9.17, 15) is 0 Å². The van der Waals surface area contributed by atoms with E-state index in [4.69, 9.17) is 139 Å². The minimum absolute atomic E-state index is 0.191. The Bertz CT molecular complexity index is 782. The fourth-order valence-electron chi connectivity index (χ4n) is 6.73. The number of hydrogen-bond donors (Lipinski definition) is 0. The van der Waals surface area contributed by atoms with Crippen LogP contribution >= 0.6 is 139 Å². The van der Waals surface area contributed by atoms with Crippen LogP contribution in [0.2, 0.25) is 0 Å². The number of rotatable bonds is 0. The van der Waals surface area contributed by atoms with E-state index in [-0.39, 0.29) is 43.8 Å². The van der Waals surface area contributed by atoms with Gasteiger partial charge in [0.1, 0.15) is 19.5 Å². The van der Waals surface area contributed by atoms with Gasteiger partial charge in [0, 0.05) is 0 Å². The minimum atomic E-state index is -1.58. The zero-order valence-corrected chi connectivity index (χ0v) is 23.7. The predicted molar refractivity (Wildman–Crippen MR) is 133 cm³/mol. The summed E-state index contributed by atoms with van der Waals surface area (Å²) >= 11 is 81.3. The maximum absolute atomic E-state index is 7.02. The van der Waals surface area contributed by atoms with Crippen LogP contribution < -0.4 is 0 Å². The second-order valence-corrected chi connectivity index (χ2v) is 15.4. The van der Waals surface area contributed by atoms with Crippen molar-refractivity contribution in [2.24, 2.45) is 23.7 Å². The SMILES string of the molecule is ClC1=C(Cl)C2(Cl)C3CCC4C(CCC3C1(Cl)C2(Cl)Cl)C1(Cl)C(Cl)=C(Cl)C4(Cl)C1(Cl)Cl. The number of allylic oxidation sites excluding steroid dienone is 4. The molecule has 0 aromatic rings. The lowest BCUT2D eigenvalue weighted by Crippen LogP contribution is -2.45. The quantitative estimate of drug-likeness (QED) is 0.229. The van der Waals surface area contributed by atoms with Gasteiger partial charge in [0.15, 0.2) is 8.67 Å². The Balaban J connectivity index is 1.62. The molecular weight excluding hydrogens is 642 g/mol. The molecule has 0 spiro atoms. The average molecular weight is 654 g/mol. The Labute approximate surface area is 234 Å². The van der Waals surface area contributed by atoms with Gasteiger partial charge >= 0.3 is 0 Å². The van der Waals surface area contributed by atoms with E-state index in [1.54, 1.807) is 0 Å². The smallest absolute Gasteiger partial charge is 0.109 e. The molecule has 5 aliphatic rings. The normalized spacial score (nSPS) is 55.6. The Hall–Kier alpha value is 2.96. The van der Waals surface area contributed by atoms with Gasteiger partial charge in [-0.2, -0.15) is 0 Å². The van der Waals surface area contributed by atoms with Crippen molar-refractivity contribution in [3.05, 3.63) is 20.1 Å². The van der Waals surface area contributed by atoms with Crippen molar-refractivity contribution < 1.29 is 0 Å². The Morgan fingerprint density at radius 1 is 0.400 bits per heavy atom. The zero-order valence-electron chi connectivity index (χ0n) is 14.7. The molecule has 0 heterocycles. The maximum Gasteiger partial charge on any atom is 0.166 e.